The molecular formula is C59H67N3O13. The molecule has 5 aliphatic rings. The number of nitrogens with zero attached hydrogens (tertiary/aromatic N) is 3. The number of Topliss-reactive ketones (excluding diaryl/α,β-unsaturated/α-hetero) is 4. The van der Waals surface area contributed by atoms with Crippen LogP contribution in [0.25, 0.3) is 0 Å². The molecule has 1 spiro atoms. The first-order valence-electron chi connectivity index (χ1n) is 24.9. The molecule has 0 aromatic heterocycles. The second kappa shape index (κ2) is 21.1. The van der Waals surface area contributed by atoms with Crippen LogP contribution in [0.1, 0.15) is 128 Å². The van der Waals surface area contributed by atoms with Gasteiger partial charge in [0.15, 0.2) is 29.4 Å². The third-order valence-electron chi connectivity index (χ3n) is 15.0. The van der Waals surface area contributed by atoms with Gasteiger partial charge in [-0.15, -0.1) is 0 Å². The van der Waals surface area contributed by atoms with Crippen molar-refractivity contribution < 1.29 is 62.6 Å². The van der Waals surface area contributed by atoms with Crippen LogP contribution in [0, 0.1) is 17.8 Å². The van der Waals surface area contributed by atoms with Crippen molar-refractivity contribution in [1.82, 2.24) is 9.96 Å². The van der Waals surface area contributed by atoms with Gasteiger partial charge in [-0.25, -0.2) is 4.79 Å². The fourth-order valence-corrected chi connectivity index (χ4v) is 10.5. The number of benzene rings is 1. The number of aryl methyl sites for hydroxylation is 1. The molecule has 6 rings (SSSR count). The van der Waals surface area contributed by atoms with Crippen LogP contribution in [-0.4, -0.2) is 87.2 Å². The number of anilines is 1. The molecule has 0 bridgehead atoms. The number of allylic oxidation sites excluding steroid dienone is 11. The van der Waals surface area contributed by atoms with E-state index < -0.39 is 40.5 Å². The fraction of sp³-hybridized carbons (Fsp3) is 0.407. The summed E-state index contributed by atoms with van der Waals surface area (Å²) >= 11 is 0. The number of rotatable bonds is 13. The lowest BCUT2D eigenvalue weighted by atomic mass is 9.71. The van der Waals surface area contributed by atoms with Gasteiger partial charge in [0.1, 0.15) is 11.4 Å². The van der Waals surface area contributed by atoms with E-state index in [9.17, 15) is 48.3 Å². The zero-order valence-corrected chi connectivity index (χ0v) is 45.8. The molecule has 0 radical (unpaired) electrons. The van der Waals surface area contributed by atoms with Crippen molar-refractivity contribution in [3.63, 3.8) is 0 Å². The van der Waals surface area contributed by atoms with Crippen molar-refractivity contribution in [3.05, 3.63) is 139 Å². The Bertz CT molecular complexity index is 3120. The van der Waals surface area contributed by atoms with Crippen LogP contribution in [0.15, 0.2) is 127 Å². The summed E-state index contributed by atoms with van der Waals surface area (Å²) in [6.07, 6.45) is 7.70. The number of aliphatic hydroxyl groups excluding tert-OH is 1. The van der Waals surface area contributed by atoms with Crippen LogP contribution in [0.5, 0.6) is 5.75 Å². The third kappa shape index (κ3) is 10.2. The summed E-state index contributed by atoms with van der Waals surface area (Å²) in [4.78, 5) is 129. The molecule has 1 aromatic carbocycles. The number of fused-ring (bicyclic) bond motifs is 2. The van der Waals surface area contributed by atoms with Gasteiger partial charge in [-0.3, -0.25) is 38.4 Å². The molecule has 16 nitrogen and oxygen atoms in total. The molecule has 0 saturated carbocycles. The lowest BCUT2D eigenvalue weighted by molar-refractivity contribution is -0.193. The molecule has 2 atom stereocenters. The number of carbonyl (C=O) groups excluding carboxylic acids is 9. The number of amides is 4. The topological polar surface area (TPSA) is 211 Å². The van der Waals surface area contributed by atoms with Crippen molar-refractivity contribution in [3.8, 4) is 5.75 Å². The van der Waals surface area contributed by atoms with E-state index in [0.29, 0.717) is 72.2 Å². The van der Waals surface area contributed by atoms with E-state index in [1.54, 1.807) is 139 Å². The minimum Gasteiger partial charge on any atom is -0.464 e. The lowest BCUT2D eigenvalue weighted by Crippen LogP contribution is -2.38. The number of aliphatic hydroxyl groups is 1. The van der Waals surface area contributed by atoms with Gasteiger partial charge in [0, 0.05) is 122 Å². The van der Waals surface area contributed by atoms with Gasteiger partial charge < -0.3 is 29.2 Å². The molecule has 0 saturated heterocycles. The van der Waals surface area contributed by atoms with Crippen molar-refractivity contribution in [2.75, 3.05) is 18.0 Å². The number of ether oxygens (including phenoxy) is 2. The molecule has 2 aliphatic carbocycles. The van der Waals surface area contributed by atoms with E-state index in [0.717, 1.165) is 12.2 Å². The van der Waals surface area contributed by atoms with Gasteiger partial charge in [-0.1, -0.05) is 38.8 Å². The minimum absolute atomic E-state index is 0.0946. The predicted molar refractivity (Wildman–Crippen MR) is 279 cm³/mol. The maximum atomic E-state index is 14.6. The first-order chi connectivity index (χ1) is 34.9. The summed E-state index contributed by atoms with van der Waals surface area (Å²) in [5.74, 6) is -4.34. The zero-order valence-electron chi connectivity index (χ0n) is 45.8. The van der Waals surface area contributed by atoms with Crippen molar-refractivity contribution >= 4 is 58.4 Å². The molecular weight excluding hydrogens is 959 g/mol. The Morgan fingerprint density at radius 3 is 1.67 bits per heavy atom. The Morgan fingerprint density at radius 2 is 1.17 bits per heavy atom. The summed E-state index contributed by atoms with van der Waals surface area (Å²) in [6.45, 7) is 27.3. The number of hydrogen-bond donors (Lipinski definition) is 1. The number of carbonyl (C=O) groups is 9. The first-order valence-corrected chi connectivity index (χ1v) is 24.9. The predicted octanol–water partition coefficient (Wildman–Crippen LogP) is 8.56. The van der Waals surface area contributed by atoms with Gasteiger partial charge in [0.25, 0.3) is 11.8 Å². The van der Waals surface area contributed by atoms with Gasteiger partial charge in [-0.2, -0.15) is 0 Å². The number of hydroxylamine groups is 2. The number of likely N-dealkylation sites (N-methyl/N-ethyl adjacent to an activating group) is 1. The second-order valence-electron chi connectivity index (χ2n) is 21.0. The SMILES string of the molecule is CCN(C(=O)CC(C)(C)C1=C(C)C(=O)C(C)=C(C)C1=O)C1=C(C)/C=C/C2(OC(O)C(/C=C(\C)C(=O)ON3C(=O)C=CC3=O)=C2C)c2cc(C)c(N(CC)C(=O)CC(C)(C)C3=C(C)C(=O)C(C)=C(C)C3=O)cc2O\C=C\1. The Labute approximate surface area is 438 Å². The maximum absolute atomic E-state index is 14.6. The number of hydrogen-bond acceptors (Lipinski definition) is 13. The summed E-state index contributed by atoms with van der Waals surface area (Å²) in [6, 6.07) is 3.42. The van der Waals surface area contributed by atoms with E-state index in [2.05, 4.69) is 0 Å². The summed E-state index contributed by atoms with van der Waals surface area (Å²) in [5.41, 5.74) is 1.52. The van der Waals surface area contributed by atoms with Gasteiger partial charge in [0.2, 0.25) is 11.8 Å². The fourth-order valence-electron chi connectivity index (χ4n) is 10.5. The highest BCUT2D eigenvalue weighted by Crippen LogP contribution is 2.51. The van der Waals surface area contributed by atoms with E-state index in [1.165, 1.54) is 24.2 Å². The van der Waals surface area contributed by atoms with Crippen LogP contribution in [0.2, 0.25) is 0 Å². The van der Waals surface area contributed by atoms with E-state index in [1.807, 2.05) is 0 Å². The Balaban J connectivity index is 1.48. The molecule has 0 fully saturated rings. The lowest BCUT2D eigenvalue weighted by Gasteiger charge is -2.35. The quantitative estimate of drug-likeness (QED) is 0.112. The Morgan fingerprint density at radius 1 is 0.693 bits per heavy atom. The highest BCUT2D eigenvalue weighted by molar-refractivity contribution is 6.26. The summed E-state index contributed by atoms with van der Waals surface area (Å²) in [7, 11) is 0. The van der Waals surface area contributed by atoms with Crippen LogP contribution in [0.4, 0.5) is 5.69 Å². The highest BCUT2D eigenvalue weighted by atomic mass is 16.7. The third-order valence-corrected chi connectivity index (χ3v) is 15.0. The Kier molecular flexibility index (Phi) is 16.0. The first kappa shape index (κ1) is 56.9. The van der Waals surface area contributed by atoms with Crippen LogP contribution < -0.4 is 9.64 Å². The number of imide groups is 1. The van der Waals surface area contributed by atoms with Crippen LogP contribution in [0.3, 0.4) is 0 Å². The molecule has 75 heavy (non-hydrogen) atoms. The van der Waals surface area contributed by atoms with Crippen LogP contribution >= 0.6 is 0 Å². The van der Waals surface area contributed by atoms with Gasteiger partial charge in [-0.05, 0) is 124 Å². The van der Waals surface area contributed by atoms with E-state index >= 15 is 0 Å². The van der Waals surface area contributed by atoms with Gasteiger partial charge >= 0.3 is 5.97 Å². The molecule has 1 N–H and O–H groups in total. The van der Waals surface area contributed by atoms with Crippen molar-refractivity contribution in [2.45, 2.75) is 136 Å². The minimum atomic E-state index is -1.68. The van der Waals surface area contributed by atoms with Gasteiger partial charge in [0.05, 0.1) is 11.9 Å². The molecule has 2 unspecified atom stereocenters. The standard InChI is InChI=1S/C59H67N3O13/c1-17-60(47(65)28-57(13,14)49-37(10)51(67)33(6)35(8)53(49)69)42-22-24-73-44-27-43(61(18-2)48(66)29-58(15,16)50-38(11)52(68)34(7)36(9)54(50)70)31(4)26-41(44)59(23-21-30(42)3)39(12)40(56(72)74-59)25-32(5)55(71)75-62-45(63)19-20-46(62)64/h19-27,56,72H,17-18,28-29H2,1-16H3/b23-21+,24-22+,32-25+,42-30+. The Hall–Kier alpha value is -7.43. The largest absolute Gasteiger partial charge is 0.464 e. The maximum Gasteiger partial charge on any atom is 0.359 e. The molecule has 3 heterocycles. The molecule has 3 aliphatic heterocycles. The monoisotopic (exact) mass is 1030 g/mol. The van der Waals surface area contributed by atoms with Crippen molar-refractivity contribution in [2.24, 2.45) is 10.8 Å². The smallest absolute Gasteiger partial charge is 0.359 e. The highest BCUT2D eigenvalue weighted by Gasteiger charge is 2.47. The molecule has 1 aromatic rings. The zero-order chi connectivity index (χ0) is 56.1. The summed E-state index contributed by atoms with van der Waals surface area (Å²) in [5, 5.41) is 12.1. The average molecular weight is 1030 g/mol. The molecule has 16 heteroatoms. The molecule has 4 amide bonds. The normalized spacial score (nSPS) is 22.8. The van der Waals surface area contributed by atoms with E-state index in [-0.39, 0.29) is 88.9 Å². The van der Waals surface area contributed by atoms with Crippen LogP contribution in [-0.2, 0) is 58.3 Å². The molecule has 396 valence electrons. The number of ketones is 4. The second-order valence-corrected chi connectivity index (χ2v) is 21.0. The van der Waals surface area contributed by atoms with Crippen molar-refractivity contribution in [1.29, 1.82) is 0 Å². The summed E-state index contributed by atoms with van der Waals surface area (Å²) < 4.78 is 13.1. The van der Waals surface area contributed by atoms with E-state index in [4.69, 9.17) is 14.3 Å². The average Bonchev–Trinajstić information content (AvgIpc) is 3.78.